The van der Waals surface area contributed by atoms with Crippen molar-refractivity contribution in [1.82, 2.24) is 5.32 Å². The average molecular weight is 260 g/mol. The second kappa shape index (κ2) is 5.64. The van der Waals surface area contributed by atoms with Crippen LogP contribution in [0.5, 0.6) is 0 Å². The molecule has 1 aromatic rings. The lowest BCUT2D eigenvalue weighted by atomic mass is 9.73. The summed E-state index contributed by atoms with van der Waals surface area (Å²) in [6.07, 6.45) is 2.47. The Bertz CT molecular complexity index is 462. The highest BCUT2D eigenvalue weighted by atomic mass is 16.1. The smallest absolute Gasteiger partial charge is 0.251 e. The molecule has 0 aromatic heterocycles. The number of amides is 1. The zero-order valence-electron chi connectivity index (χ0n) is 12.3. The Kier molecular flexibility index (Phi) is 4.13. The Balaban J connectivity index is 2.04. The van der Waals surface area contributed by atoms with Crippen LogP contribution in [0.1, 0.15) is 42.6 Å². The van der Waals surface area contributed by atoms with E-state index in [0.717, 1.165) is 28.7 Å². The molecule has 19 heavy (non-hydrogen) atoms. The maximum absolute atomic E-state index is 11.8. The fraction of sp³-hybridized carbons (Fsp3) is 0.562. The van der Waals surface area contributed by atoms with Gasteiger partial charge in [0.1, 0.15) is 0 Å². The van der Waals surface area contributed by atoms with Crippen molar-refractivity contribution in [3.63, 3.8) is 0 Å². The minimum atomic E-state index is -0.0187. The third-order valence-corrected chi connectivity index (χ3v) is 4.28. The highest BCUT2D eigenvalue weighted by Gasteiger charge is 2.31. The van der Waals surface area contributed by atoms with Gasteiger partial charge in [-0.05, 0) is 49.3 Å². The summed E-state index contributed by atoms with van der Waals surface area (Å²) >= 11 is 0. The normalized spacial score (nSPS) is 21.9. The molecule has 2 N–H and O–H groups in total. The molecule has 0 unspecified atom stereocenters. The second-order valence-electron chi connectivity index (χ2n) is 5.87. The van der Waals surface area contributed by atoms with Crippen LogP contribution in [0, 0.1) is 18.8 Å². The van der Waals surface area contributed by atoms with E-state index >= 15 is 0 Å². The predicted molar refractivity (Wildman–Crippen MR) is 79.5 cm³/mol. The third-order valence-electron chi connectivity index (χ3n) is 4.28. The predicted octanol–water partition coefficient (Wildman–Crippen LogP) is 3.20. The van der Waals surface area contributed by atoms with Crippen molar-refractivity contribution in [2.45, 2.75) is 39.7 Å². The molecule has 104 valence electrons. The minimum Gasteiger partial charge on any atom is -0.382 e. The first kappa shape index (κ1) is 13.9. The van der Waals surface area contributed by atoms with Gasteiger partial charge in [-0.2, -0.15) is 0 Å². The zero-order chi connectivity index (χ0) is 14.0. The van der Waals surface area contributed by atoms with Gasteiger partial charge >= 0.3 is 0 Å². The van der Waals surface area contributed by atoms with E-state index in [4.69, 9.17) is 0 Å². The van der Waals surface area contributed by atoms with Crippen LogP contribution in [0.2, 0.25) is 0 Å². The van der Waals surface area contributed by atoms with Crippen LogP contribution in [0.3, 0.4) is 0 Å². The summed E-state index contributed by atoms with van der Waals surface area (Å²) < 4.78 is 0. The maximum Gasteiger partial charge on any atom is 0.251 e. The van der Waals surface area contributed by atoms with Crippen molar-refractivity contribution in [2.24, 2.45) is 11.8 Å². The van der Waals surface area contributed by atoms with E-state index in [9.17, 15) is 4.79 Å². The summed E-state index contributed by atoms with van der Waals surface area (Å²) in [4.78, 5) is 11.8. The molecule has 0 atom stereocenters. The average Bonchev–Trinajstić information content (AvgIpc) is 2.33. The summed E-state index contributed by atoms with van der Waals surface area (Å²) in [6, 6.07) is 6.44. The van der Waals surface area contributed by atoms with Gasteiger partial charge < -0.3 is 10.6 Å². The molecule has 1 aliphatic rings. The first-order chi connectivity index (χ1) is 9.02. The summed E-state index contributed by atoms with van der Waals surface area (Å²) in [6.45, 7) is 6.59. The number of rotatable bonds is 4. The molecule has 0 saturated heterocycles. The van der Waals surface area contributed by atoms with Crippen LogP contribution >= 0.6 is 0 Å². The first-order valence-electron chi connectivity index (χ1n) is 7.11. The Morgan fingerprint density at radius 2 is 2.00 bits per heavy atom. The van der Waals surface area contributed by atoms with Crippen molar-refractivity contribution in [3.05, 3.63) is 29.3 Å². The van der Waals surface area contributed by atoms with Gasteiger partial charge in [-0.1, -0.05) is 19.9 Å². The monoisotopic (exact) mass is 260 g/mol. The number of nitrogens with one attached hydrogen (secondary N) is 2. The summed E-state index contributed by atoms with van der Waals surface area (Å²) in [5.74, 6) is 1.60. The Morgan fingerprint density at radius 1 is 1.32 bits per heavy atom. The van der Waals surface area contributed by atoms with Crippen molar-refractivity contribution in [1.29, 1.82) is 0 Å². The van der Waals surface area contributed by atoms with E-state index in [1.54, 1.807) is 7.05 Å². The highest BCUT2D eigenvalue weighted by molar-refractivity contribution is 5.96. The number of anilines is 1. The molecule has 1 saturated carbocycles. The third kappa shape index (κ3) is 2.91. The van der Waals surface area contributed by atoms with E-state index in [0.29, 0.717) is 6.04 Å². The summed E-state index contributed by atoms with van der Waals surface area (Å²) in [7, 11) is 1.67. The number of hydrogen-bond donors (Lipinski definition) is 2. The molecule has 0 radical (unpaired) electrons. The quantitative estimate of drug-likeness (QED) is 0.873. The maximum atomic E-state index is 11.8. The molecule has 0 aliphatic heterocycles. The summed E-state index contributed by atoms with van der Waals surface area (Å²) in [5, 5.41) is 6.26. The van der Waals surface area contributed by atoms with Crippen LogP contribution in [0.4, 0.5) is 5.69 Å². The van der Waals surface area contributed by atoms with E-state index in [-0.39, 0.29) is 5.91 Å². The molecule has 3 heteroatoms. The Hall–Kier alpha value is -1.51. The lowest BCUT2D eigenvalue weighted by molar-refractivity contribution is 0.0962. The lowest BCUT2D eigenvalue weighted by Gasteiger charge is -2.39. The van der Waals surface area contributed by atoms with Gasteiger partial charge in [0.05, 0.1) is 0 Å². The van der Waals surface area contributed by atoms with E-state index in [1.165, 1.54) is 12.8 Å². The molecule has 0 bridgehead atoms. The molecule has 0 spiro atoms. The Labute approximate surface area is 115 Å². The number of carbonyl (C=O) groups is 1. The largest absolute Gasteiger partial charge is 0.382 e. The van der Waals surface area contributed by atoms with Gasteiger partial charge in [0.15, 0.2) is 0 Å². The molecule has 0 heterocycles. The number of hydrogen-bond acceptors (Lipinski definition) is 2. The van der Waals surface area contributed by atoms with E-state index in [1.807, 2.05) is 19.1 Å². The standard InChI is InChI=1S/C16H24N2O/c1-10(2)12-8-13(9-12)18-15-7-5-6-14(11(15)3)16(19)17-4/h5-7,10,12-13,18H,8-9H2,1-4H3,(H,17,19). The zero-order valence-corrected chi connectivity index (χ0v) is 12.3. The fourth-order valence-corrected chi connectivity index (χ4v) is 2.72. The minimum absolute atomic E-state index is 0.0187. The van der Waals surface area contributed by atoms with Crippen LogP contribution in [0.15, 0.2) is 18.2 Å². The molecule has 2 rings (SSSR count). The van der Waals surface area contributed by atoms with Gasteiger partial charge in [-0.25, -0.2) is 0 Å². The molecule has 1 aromatic carbocycles. The molecule has 1 amide bonds. The van der Waals surface area contributed by atoms with Crippen LogP contribution in [-0.4, -0.2) is 19.0 Å². The van der Waals surface area contributed by atoms with Crippen LogP contribution < -0.4 is 10.6 Å². The van der Waals surface area contributed by atoms with Gasteiger partial charge in [-0.15, -0.1) is 0 Å². The fourth-order valence-electron chi connectivity index (χ4n) is 2.72. The first-order valence-corrected chi connectivity index (χ1v) is 7.11. The number of benzene rings is 1. The second-order valence-corrected chi connectivity index (χ2v) is 5.87. The lowest BCUT2D eigenvalue weighted by Crippen LogP contribution is -2.38. The molecule has 3 nitrogen and oxygen atoms in total. The summed E-state index contributed by atoms with van der Waals surface area (Å²) in [5.41, 5.74) is 2.88. The SMILES string of the molecule is CNC(=O)c1cccc(NC2CC(C(C)C)C2)c1C. The van der Waals surface area contributed by atoms with Crippen LogP contribution in [0.25, 0.3) is 0 Å². The molecular weight excluding hydrogens is 236 g/mol. The van der Waals surface area contributed by atoms with Crippen molar-refractivity contribution < 1.29 is 4.79 Å². The van der Waals surface area contributed by atoms with E-state index < -0.39 is 0 Å². The van der Waals surface area contributed by atoms with E-state index in [2.05, 4.69) is 30.5 Å². The van der Waals surface area contributed by atoms with Gasteiger partial charge in [0.2, 0.25) is 0 Å². The van der Waals surface area contributed by atoms with Crippen molar-refractivity contribution in [2.75, 3.05) is 12.4 Å². The van der Waals surface area contributed by atoms with Crippen molar-refractivity contribution >= 4 is 11.6 Å². The van der Waals surface area contributed by atoms with Crippen molar-refractivity contribution in [3.8, 4) is 0 Å². The number of carbonyl (C=O) groups excluding carboxylic acids is 1. The van der Waals surface area contributed by atoms with Gasteiger partial charge in [0.25, 0.3) is 5.91 Å². The molecular formula is C16H24N2O. The van der Waals surface area contributed by atoms with Crippen LogP contribution in [-0.2, 0) is 0 Å². The highest BCUT2D eigenvalue weighted by Crippen LogP contribution is 2.36. The van der Waals surface area contributed by atoms with Gasteiger partial charge in [-0.3, -0.25) is 4.79 Å². The molecule has 1 aliphatic carbocycles. The Morgan fingerprint density at radius 3 is 2.58 bits per heavy atom. The topological polar surface area (TPSA) is 41.1 Å². The molecule has 1 fully saturated rings. The van der Waals surface area contributed by atoms with Gasteiger partial charge in [0, 0.05) is 24.3 Å².